The summed E-state index contributed by atoms with van der Waals surface area (Å²) in [7, 11) is 0. The van der Waals surface area contributed by atoms with E-state index in [1.54, 1.807) is 4.90 Å². The molecule has 1 aliphatic heterocycles. The molecule has 4 nitrogen and oxygen atoms in total. The minimum atomic E-state index is -4.37. The summed E-state index contributed by atoms with van der Waals surface area (Å²) in [6.45, 7) is 4.68. The lowest BCUT2D eigenvalue weighted by atomic mass is 10.0. The van der Waals surface area contributed by atoms with Crippen molar-refractivity contribution in [3.05, 3.63) is 35.4 Å². The topological polar surface area (TPSA) is 49.8 Å². The Bertz CT molecular complexity index is 557. The number of nitrogens with zero attached hydrogens (tertiary/aromatic N) is 1. The Balaban J connectivity index is 2.01. The number of hydrogen-bond acceptors (Lipinski definition) is 3. The summed E-state index contributed by atoms with van der Waals surface area (Å²) >= 11 is 0. The molecule has 1 aromatic rings. The van der Waals surface area contributed by atoms with Crippen LogP contribution in [0.1, 0.15) is 37.5 Å². The molecule has 1 aliphatic rings. The lowest BCUT2D eigenvalue weighted by molar-refractivity contribution is -0.141. The second-order valence-electron chi connectivity index (χ2n) is 6.33. The highest BCUT2D eigenvalue weighted by Crippen LogP contribution is 2.31. The number of benzene rings is 1. The number of hydrogen-bond donors (Lipinski definition) is 1. The van der Waals surface area contributed by atoms with Crippen LogP contribution >= 0.6 is 0 Å². The normalized spacial score (nSPS) is 20.3. The molecule has 0 aromatic heterocycles. The molecule has 7 heteroatoms. The number of carbonyl (C=O) groups excluding carboxylic acids is 1. The minimum Gasteiger partial charge on any atom is -0.392 e. The molecule has 134 valence electrons. The quantitative estimate of drug-likeness (QED) is 0.913. The summed E-state index contributed by atoms with van der Waals surface area (Å²) in [4.78, 5) is 13.8. The Labute approximate surface area is 139 Å². The van der Waals surface area contributed by atoms with Crippen LogP contribution in [0.4, 0.5) is 13.2 Å². The second-order valence-corrected chi connectivity index (χ2v) is 6.33. The van der Waals surface area contributed by atoms with Gasteiger partial charge in [-0.2, -0.15) is 13.2 Å². The van der Waals surface area contributed by atoms with Gasteiger partial charge in [-0.15, -0.1) is 0 Å². The van der Waals surface area contributed by atoms with E-state index in [0.29, 0.717) is 18.7 Å². The van der Waals surface area contributed by atoms with Crippen LogP contribution in [0.3, 0.4) is 0 Å². The van der Waals surface area contributed by atoms with Crippen molar-refractivity contribution in [2.24, 2.45) is 5.92 Å². The fourth-order valence-corrected chi connectivity index (χ4v) is 2.51. The van der Waals surface area contributed by atoms with Crippen LogP contribution < -0.4 is 0 Å². The molecule has 2 unspecified atom stereocenters. The van der Waals surface area contributed by atoms with Crippen molar-refractivity contribution in [3.63, 3.8) is 0 Å². The molecule has 0 bridgehead atoms. The van der Waals surface area contributed by atoms with Crippen molar-refractivity contribution in [2.45, 2.75) is 38.7 Å². The number of morpholine rings is 1. The fourth-order valence-electron chi connectivity index (χ4n) is 2.51. The average Bonchev–Trinajstić information content (AvgIpc) is 2.54. The van der Waals surface area contributed by atoms with E-state index in [-0.39, 0.29) is 24.8 Å². The third kappa shape index (κ3) is 4.70. The van der Waals surface area contributed by atoms with Crippen LogP contribution in [0.5, 0.6) is 0 Å². The predicted octanol–water partition coefficient (Wildman–Crippen LogP) is 3.01. The van der Waals surface area contributed by atoms with Gasteiger partial charge in [-0.1, -0.05) is 26.0 Å². The molecule has 2 atom stereocenters. The first kappa shape index (κ1) is 18.7. The van der Waals surface area contributed by atoms with E-state index in [1.165, 1.54) is 12.1 Å². The Hall–Kier alpha value is -1.60. The molecule has 1 fully saturated rings. The zero-order chi connectivity index (χ0) is 17.9. The number of carbonyl (C=O) groups is 1. The number of alkyl halides is 3. The second kappa shape index (κ2) is 7.53. The van der Waals surface area contributed by atoms with E-state index >= 15 is 0 Å². The first-order valence-electron chi connectivity index (χ1n) is 7.93. The van der Waals surface area contributed by atoms with Gasteiger partial charge in [0.05, 0.1) is 31.2 Å². The Morgan fingerprint density at radius 1 is 1.33 bits per heavy atom. The van der Waals surface area contributed by atoms with E-state index in [0.717, 1.165) is 12.1 Å². The molecule has 0 radical (unpaired) electrons. The van der Waals surface area contributed by atoms with Gasteiger partial charge < -0.3 is 14.7 Å². The zero-order valence-electron chi connectivity index (χ0n) is 13.7. The maximum atomic E-state index is 12.6. The molecule has 2 rings (SSSR count). The predicted molar refractivity (Wildman–Crippen MR) is 82.2 cm³/mol. The molecular weight excluding hydrogens is 323 g/mol. The van der Waals surface area contributed by atoms with Gasteiger partial charge in [0.1, 0.15) is 6.10 Å². The van der Waals surface area contributed by atoms with Gasteiger partial charge in [0.15, 0.2) is 0 Å². The molecule has 1 N–H and O–H groups in total. The third-order valence-corrected chi connectivity index (χ3v) is 4.18. The monoisotopic (exact) mass is 345 g/mol. The van der Waals surface area contributed by atoms with Crippen LogP contribution in [-0.4, -0.2) is 41.7 Å². The summed E-state index contributed by atoms with van der Waals surface area (Å²) in [6, 6.07) is 4.79. The first-order valence-corrected chi connectivity index (χ1v) is 7.93. The molecule has 0 saturated carbocycles. The van der Waals surface area contributed by atoms with Crippen molar-refractivity contribution in [2.75, 3.05) is 19.7 Å². The van der Waals surface area contributed by atoms with Crippen molar-refractivity contribution in [1.29, 1.82) is 0 Å². The van der Waals surface area contributed by atoms with Gasteiger partial charge in [0, 0.05) is 6.54 Å². The summed E-state index contributed by atoms with van der Waals surface area (Å²) < 4.78 is 43.4. The molecule has 0 aliphatic carbocycles. The van der Waals surface area contributed by atoms with Gasteiger partial charge in [-0.3, -0.25) is 4.79 Å². The average molecular weight is 345 g/mol. The molecule has 0 spiro atoms. The van der Waals surface area contributed by atoms with E-state index in [1.807, 2.05) is 13.8 Å². The molecule has 24 heavy (non-hydrogen) atoms. The molecular formula is C17H22F3NO3. The number of halogens is 3. The standard InChI is InChI=1S/C17H22F3NO3/c1-11(2)14(22)9-16(23)21-7-8-24-15(10-21)12-3-5-13(6-4-12)17(18,19)20/h3-6,11,14-15,22H,7-10H2,1-2H3. The van der Waals surface area contributed by atoms with Crippen LogP contribution in [0.25, 0.3) is 0 Å². The van der Waals surface area contributed by atoms with E-state index < -0.39 is 23.9 Å². The Morgan fingerprint density at radius 2 is 1.96 bits per heavy atom. The number of ether oxygens (including phenoxy) is 1. The van der Waals surface area contributed by atoms with Gasteiger partial charge >= 0.3 is 6.18 Å². The Kier molecular flexibility index (Phi) is 5.87. The van der Waals surface area contributed by atoms with Crippen LogP contribution in [-0.2, 0) is 15.7 Å². The lowest BCUT2D eigenvalue weighted by Gasteiger charge is -2.34. The number of aliphatic hydroxyl groups is 1. The largest absolute Gasteiger partial charge is 0.416 e. The SMILES string of the molecule is CC(C)C(O)CC(=O)N1CCOC(c2ccc(C(F)(F)F)cc2)C1. The van der Waals surface area contributed by atoms with Gasteiger partial charge in [0.2, 0.25) is 5.91 Å². The van der Waals surface area contributed by atoms with Gasteiger partial charge in [-0.05, 0) is 23.6 Å². The fraction of sp³-hybridized carbons (Fsp3) is 0.588. The van der Waals surface area contributed by atoms with E-state index in [4.69, 9.17) is 4.74 Å². The van der Waals surface area contributed by atoms with Gasteiger partial charge in [0.25, 0.3) is 0 Å². The van der Waals surface area contributed by atoms with E-state index in [2.05, 4.69) is 0 Å². The van der Waals surface area contributed by atoms with E-state index in [9.17, 15) is 23.1 Å². The van der Waals surface area contributed by atoms with Crippen molar-refractivity contribution in [1.82, 2.24) is 4.90 Å². The number of rotatable bonds is 4. The van der Waals surface area contributed by atoms with Crippen LogP contribution in [0.2, 0.25) is 0 Å². The molecule has 1 amide bonds. The molecule has 1 heterocycles. The van der Waals surface area contributed by atoms with Gasteiger partial charge in [-0.25, -0.2) is 0 Å². The highest BCUT2D eigenvalue weighted by molar-refractivity contribution is 5.76. The Morgan fingerprint density at radius 3 is 2.50 bits per heavy atom. The smallest absolute Gasteiger partial charge is 0.392 e. The first-order chi connectivity index (χ1) is 11.2. The summed E-state index contributed by atoms with van der Waals surface area (Å²) in [5.41, 5.74) is -0.111. The molecule has 1 saturated heterocycles. The summed E-state index contributed by atoms with van der Waals surface area (Å²) in [5, 5.41) is 9.83. The van der Waals surface area contributed by atoms with Crippen molar-refractivity contribution < 1.29 is 27.8 Å². The summed E-state index contributed by atoms with van der Waals surface area (Å²) in [6.07, 6.45) is -5.50. The highest BCUT2D eigenvalue weighted by atomic mass is 19.4. The third-order valence-electron chi connectivity index (χ3n) is 4.18. The lowest BCUT2D eigenvalue weighted by Crippen LogP contribution is -2.43. The maximum Gasteiger partial charge on any atom is 0.416 e. The number of aliphatic hydroxyl groups excluding tert-OH is 1. The number of amides is 1. The van der Waals surface area contributed by atoms with Crippen LogP contribution in [0.15, 0.2) is 24.3 Å². The summed E-state index contributed by atoms with van der Waals surface area (Å²) in [5.74, 6) is -0.183. The maximum absolute atomic E-state index is 12.6. The van der Waals surface area contributed by atoms with Crippen LogP contribution in [0, 0.1) is 5.92 Å². The molecule has 1 aromatic carbocycles. The highest BCUT2D eigenvalue weighted by Gasteiger charge is 2.31. The van der Waals surface area contributed by atoms with Crippen molar-refractivity contribution in [3.8, 4) is 0 Å². The zero-order valence-corrected chi connectivity index (χ0v) is 13.7. The minimum absolute atomic E-state index is 0.0132. The van der Waals surface area contributed by atoms with Crippen molar-refractivity contribution >= 4 is 5.91 Å².